The monoisotopic (exact) mass is 242 g/mol. The number of pyridine rings is 1. The van der Waals surface area contributed by atoms with E-state index in [1.165, 1.54) is 0 Å². The van der Waals surface area contributed by atoms with Crippen LogP contribution in [0, 0.1) is 0 Å². The minimum atomic E-state index is 0.561. The molecule has 1 atom stereocenters. The lowest BCUT2D eigenvalue weighted by atomic mass is 10.2. The molecular formula is C10H15BrN2. The van der Waals surface area contributed by atoms with E-state index < -0.39 is 0 Å². The molecule has 1 heterocycles. The second kappa shape index (κ2) is 5.35. The zero-order valence-electron chi connectivity index (χ0n) is 8.05. The van der Waals surface area contributed by atoms with Gasteiger partial charge in [0.2, 0.25) is 0 Å². The van der Waals surface area contributed by atoms with Gasteiger partial charge in [-0.1, -0.05) is 6.92 Å². The molecule has 3 heteroatoms. The molecule has 0 aliphatic rings. The van der Waals surface area contributed by atoms with Crippen LogP contribution in [0.3, 0.4) is 0 Å². The third-order valence-corrected chi connectivity index (χ3v) is 2.50. The molecule has 1 unspecified atom stereocenters. The first kappa shape index (κ1) is 10.7. The molecule has 0 aliphatic heterocycles. The highest BCUT2D eigenvalue weighted by atomic mass is 79.9. The van der Waals surface area contributed by atoms with Gasteiger partial charge in [0.25, 0.3) is 0 Å². The molecule has 0 spiro atoms. The largest absolute Gasteiger partial charge is 0.309 e. The highest BCUT2D eigenvalue weighted by molar-refractivity contribution is 9.10. The Bertz CT molecular complexity index is 246. The summed E-state index contributed by atoms with van der Waals surface area (Å²) < 4.78 is 1.03. The summed E-state index contributed by atoms with van der Waals surface area (Å²) in [6.45, 7) is 5.20. The normalized spacial score (nSPS) is 12.8. The fourth-order valence-electron chi connectivity index (χ4n) is 0.934. The summed E-state index contributed by atoms with van der Waals surface area (Å²) in [6, 6.07) is 4.60. The average Bonchev–Trinajstić information content (AvgIpc) is 2.16. The van der Waals surface area contributed by atoms with Crippen LogP contribution >= 0.6 is 15.9 Å². The Balaban J connectivity index is 2.41. The molecule has 1 N–H and O–H groups in total. The van der Waals surface area contributed by atoms with Crippen molar-refractivity contribution in [1.29, 1.82) is 0 Å². The Morgan fingerprint density at radius 2 is 2.31 bits per heavy atom. The predicted octanol–water partition coefficient (Wildman–Crippen LogP) is 2.73. The first-order valence-electron chi connectivity index (χ1n) is 4.56. The summed E-state index contributed by atoms with van der Waals surface area (Å²) >= 11 is 3.36. The Kier molecular flexibility index (Phi) is 4.39. The Hall–Kier alpha value is -0.410. The lowest BCUT2D eigenvalue weighted by molar-refractivity contribution is 0.529. The Morgan fingerprint density at radius 3 is 2.85 bits per heavy atom. The van der Waals surface area contributed by atoms with E-state index in [0.717, 1.165) is 23.1 Å². The van der Waals surface area contributed by atoms with Crippen molar-refractivity contribution in [3.05, 3.63) is 28.5 Å². The summed E-state index contributed by atoms with van der Waals surface area (Å²) in [7, 11) is 0. The zero-order valence-corrected chi connectivity index (χ0v) is 9.63. The van der Waals surface area contributed by atoms with Gasteiger partial charge in [-0.05, 0) is 41.4 Å². The van der Waals surface area contributed by atoms with Crippen LogP contribution in [-0.2, 0) is 6.54 Å². The van der Waals surface area contributed by atoms with Crippen molar-refractivity contribution < 1.29 is 0 Å². The van der Waals surface area contributed by atoms with Crippen LogP contribution in [-0.4, -0.2) is 11.0 Å². The summed E-state index contributed by atoms with van der Waals surface area (Å²) in [4.78, 5) is 4.28. The van der Waals surface area contributed by atoms with E-state index in [1.807, 2.05) is 18.3 Å². The number of hydrogen-bond acceptors (Lipinski definition) is 2. The van der Waals surface area contributed by atoms with Gasteiger partial charge in [0.1, 0.15) is 0 Å². The van der Waals surface area contributed by atoms with Crippen molar-refractivity contribution in [2.45, 2.75) is 32.9 Å². The number of hydrogen-bond donors (Lipinski definition) is 1. The first-order chi connectivity index (χ1) is 6.22. The molecular weight excluding hydrogens is 228 g/mol. The van der Waals surface area contributed by atoms with E-state index in [0.29, 0.717) is 6.04 Å². The van der Waals surface area contributed by atoms with Crippen LogP contribution in [0.15, 0.2) is 22.8 Å². The fourth-order valence-corrected chi connectivity index (χ4v) is 1.17. The quantitative estimate of drug-likeness (QED) is 0.879. The van der Waals surface area contributed by atoms with E-state index in [4.69, 9.17) is 0 Å². The van der Waals surface area contributed by atoms with Crippen molar-refractivity contribution >= 4 is 15.9 Å². The van der Waals surface area contributed by atoms with Crippen molar-refractivity contribution in [3.8, 4) is 0 Å². The standard InChI is InChI=1S/C10H15BrN2/c1-3-8(2)12-7-10-5-4-9(11)6-13-10/h4-6,8,12H,3,7H2,1-2H3. The third-order valence-electron chi connectivity index (χ3n) is 2.03. The number of halogens is 1. The van der Waals surface area contributed by atoms with Crippen LogP contribution in [0.1, 0.15) is 26.0 Å². The maximum absolute atomic E-state index is 4.28. The van der Waals surface area contributed by atoms with Gasteiger partial charge in [-0.25, -0.2) is 0 Å². The second-order valence-electron chi connectivity index (χ2n) is 3.16. The third kappa shape index (κ3) is 3.87. The van der Waals surface area contributed by atoms with Gasteiger partial charge in [-0.2, -0.15) is 0 Å². The lowest BCUT2D eigenvalue weighted by Crippen LogP contribution is -2.24. The molecule has 0 saturated heterocycles. The lowest BCUT2D eigenvalue weighted by Gasteiger charge is -2.10. The van der Waals surface area contributed by atoms with Crippen LogP contribution in [0.4, 0.5) is 0 Å². The van der Waals surface area contributed by atoms with E-state index >= 15 is 0 Å². The van der Waals surface area contributed by atoms with Crippen LogP contribution in [0.2, 0.25) is 0 Å². The van der Waals surface area contributed by atoms with Crippen LogP contribution in [0.25, 0.3) is 0 Å². The van der Waals surface area contributed by atoms with Gasteiger partial charge < -0.3 is 5.32 Å². The van der Waals surface area contributed by atoms with E-state index in [9.17, 15) is 0 Å². The van der Waals surface area contributed by atoms with Gasteiger partial charge in [0, 0.05) is 23.3 Å². The molecule has 1 rings (SSSR count). The number of nitrogens with zero attached hydrogens (tertiary/aromatic N) is 1. The molecule has 13 heavy (non-hydrogen) atoms. The van der Waals surface area contributed by atoms with Gasteiger partial charge in [0.15, 0.2) is 0 Å². The topological polar surface area (TPSA) is 24.9 Å². The molecule has 1 aromatic rings. The Labute approximate surface area is 87.9 Å². The smallest absolute Gasteiger partial charge is 0.0542 e. The van der Waals surface area contributed by atoms with Gasteiger partial charge in [-0.3, -0.25) is 4.98 Å². The summed E-state index contributed by atoms with van der Waals surface area (Å²) in [5.41, 5.74) is 1.09. The van der Waals surface area contributed by atoms with E-state index in [-0.39, 0.29) is 0 Å². The van der Waals surface area contributed by atoms with Crippen molar-refractivity contribution in [2.75, 3.05) is 0 Å². The predicted molar refractivity (Wildman–Crippen MR) is 58.5 cm³/mol. The highest BCUT2D eigenvalue weighted by Crippen LogP contribution is 2.07. The molecule has 0 fully saturated rings. The summed E-state index contributed by atoms with van der Waals surface area (Å²) in [5, 5.41) is 3.39. The highest BCUT2D eigenvalue weighted by Gasteiger charge is 1.98. The average molecular weight is 243 g/mol. The summed E-state index contributed by atoms with van der Waals surface area (Å²) in [6.07, 6.45) is 2.98. The van der Waals surface area contributed by atoms with Crippen LogP contribution in [0.5, 0.6) is 0 Å². The fraction of sp³-hybridized carbons (Fsp3) is 0.500. The van der Waals surface area contributed by atoms with Crippen molar-refractivity contribution in [3.63, 3.8) is 0 Å². The van der Waals surface area contributed by atoms with Crippen molar-refractivity contribution in [1.82, 2.24) is 10.3 Å². The molecule has 0 bridgehead atoms. The maximum Gasteiger partial charge on any atom is 0.0542 e. The van der Waals surface area contributed by atoms with Crippen molar-refractivity contribution in [2.24, 2.45) is 0 Å². The molecule has 72 valence electrons. The van der Waals surface area contributed by atoms with Crippen LogP contribution < -0.4 is 5.32 Å². The summed E-state index contributed by atoms with van der Waals surface area (Å²) in [5.74, 6) is 0. The SMILES string of the molecule is CCC(C)NCc1ccc(Br)cn1. The second-order valence-corrected chi connectivity index (χ2v) is 4.07. The molecule has 0 aromatic carbocycles. The minimum absolute atomic E-state index is 0.561. The van der Waals surface area contributed by atoms with E-state index in [2.05, 4.69) is 40.1 Å². The van der Waals surface area contributed by atoms with E-state index in [1.54, 1.807) is 0 Å². The molecule has 0 amide bonds. The van der Waals surface area contributed by atoms with Gasteiger partial charge >= 0.3 is 0 Å². The molecule has 1 aromatic heterocycles. The molecule has 0 aliphatic carbocycles. The van der Waals surface area contributed by atoms with Gasteiger partial charge in [0.05, 0.1) is 5.69 Å². The Morgan fingerprint density at radius 1 is 1.54 bits per heavy atom. The van der Waals surface area contributed by atoms with Gasteiger partial charge in [-0.15, -0.1) is 0 Å². The molecule has 0 radical (unpaired) electrons. The number of rotatable bonds is 4. The number of aromatic nitrogens is 1. The first-order valence-corrected chi connectivity index (χ1v) is 5.35. The molecule has 0 saturated carbocycles. The minimum Gasteiger partial charge on any atom is -0.309 e. The zero-order chi connectivity index (χ0) is 9.68. The maximum atomic E-state index is 4.28. The number of nitrogens with one attached hydrogen (secondary N) is 1. The molecule has 2 nitrogen and oxygen atoms in total.